The van der Waals surface area contributed by atoms with Crippen LogP contribution < -0.4 is 10.5 Å². The maximum absolute atomic E-state index is 5.69. The molecule has 0 spiro atoms. The molecule has 3 nitrogen and oxygen atoms in total. The molecule has 1 heterocycles. The predicted octanol–water partition coefficient (Wildman–Crippen LogP) is 2.88. The highest BCUT2D eigenvalue weighted by Gasteiger charge is 2.01. The molecule has 0 aliphatic rings. The summed E-state index contributed by atoms with van der Waals surface area (Å²) in [6, 6.07) is 11.7. The van der Waals surface area contributed by atoms with E-state index in [-0.39, 0.29) is 0 Å². The monoisotopic (exact) mass is 292 g/mol. The van der Waals surface area contributed by atoms with E-state index in [2.05, 4.69) is 20.9 Å². The molecular formula is C13H13BrN2O. The summed E-state index contributed by atoms with van der Waals surface area (Å²) < 4.78 is 6.74. The first-order valence-corrected chi connectivity index (χ1v) is 6.10. The highest BCUT2D eigenvalue weighted by atomic mass is 79.9. The lowest BCUT2D eigenvalue weighted by Gasteiger charge is -2.08. The van der Waals surface area contributed by atoms with Gasteiger partial charge in [-0.3, -0.25) is 4.98 Å². The van der Waals surface area contributed by atoms with Crippen LogP contribution in [0.5, 0.6) is 5.75 Å². The van der Waals surface area contributed by atoms with Gasteiger partial charge in [0.05, 0.1) is 5.69 Å². The molecule has 17 heavy (non-hydrogen) atoms. The van der Waals surface area contributed by atoms with E-state index in [1.807, 2.05) is 36.4 Å². The summed E-state index contributed by atoms with van der Waals surface area (Å²) in [6.45, 7) is 0.946. The molecule has 0 atom stereocenters. The Kier molecular flexibility index (Phi) is 4.12. The van der Waals surface area contributed by atoms with Crippen LogP contribution in [0.25, 0.3) is 0 Å². The van der Waals surface area contributed by atoms with E-state index in [4.69, 9.17) is 10.5 Å². The number of pyridine rings is 1. The summed E-state index contributed by atoms with van der Waals surface area (Å²) in [5, 5.41) is 0. The molecule has 0 amide bonds. The Morgan fingerprint density at radius 3 is 2.82 bits per heavy atom. The Morgan fingerprint density at radius 1 is 1.24 bits per heavy atom. The number of halogens is 1. The SMILES string of the molecule is NCc1cc(OCc2ccccc2Br)ccn1. The van der Waals surface area contributed by atoms with Crippen LogP contribution in [0.2, 0.25) is 0 Å². The molecule has 0 bridgehead atoms. The van der Waals surface area contributed by atoms with Gasteiger partial charge in [0, 0.05) is 28.8 Å². The number of ether oxygens (including phenoxy) is 1. The van der Waals surface area contributed by atoms with Gasteiger partial charge in [0.2, 0.25) is 0 Å². The fraction of sp³-hybridized carbons (Fsp3) is 0.154. The maximum atomic E-state index is 5.69. The molecule has 0 saturated heterocycles. The van der Waals surface area contributed by atoms with Gasteiger partial charge < -0.3 is 10.5 Å². The molecule has 2 aromatic rings. The first-order chi connectivity index (χ1) is 8.29. The highest BCUT2D eigenvalue weighted by molar-refractivity contribution is 9.10. The third kappa shape index (κ3) is 3.28. The molecule has 2 N–H and O–H groups in total. The zero-order chi connectivity index (χ0) is 12.1. The highest BCUT2D eigenvalue weighted by Crippen LogP contribution is 2.19. The molecule has 0 unspecified atom stereocenters. The van der Waals surface area contributed by atoms with Crippen LogP contribution in [-0.4, -0.2) is 4.98 Å². The Morgan fingerprint density at radius 2 is 2.06 bits per heavy atom. The summed E-state index contributed by atoms with van der Waals surface area (Å²) in [7, 11) is 0. The molecule has 0 saturated carbocycles. The molecule has 0 fully saturated rings. The van der Waals surface area contributed by atoms with E-state index in [0.717, 1.165) is 21.5 Å². The number of hydrogen-bond donors (Lipinski definition) is 1. The Hall–Kier alpha value is -1.39. The smallest absolute Gasteiger partial charge is 0.123 e. The van der Waals surface area contributed by atoms with Gasteiger partial charge in [-0.2, -0.15) is 0 Å². The van der Waals surface area contributed by atoms with E-state index < -0.39 is 0 Å². The van der Waals surface area contributed by atoms with Gasteiger partial charge >= 0.3 is 0 Å². The number of nitrogens with two attached hydrogens (primary N) is 1. The summed E-state index contributed by atoms with van der Waals surface area (Å²) in [4.78, 5) is 4.12. The van der Waals surface area contributed by atoms with Crippen molar-refractivity contribution in [2.75, 3.05) is 0 Å². The minimum Gasteiger partial charge on any atom is -0.489 e. The van der Waals surface area contributed by atoms with Crippen LogP contribution >= 0.6 is 15.9 Å². The van der Waals surface area contributed by atoms with Crippen molar-refractivity contribution in [1.29, 1.82) is 0 Å². The fourth-order valence-corrected chi connectivity index (χ4v) is 1.83. The zero-order valence-corrected chi connectivity index (χ0v) is 10.9. The minimum absolute atomic E-state index is 0.423. The molecule has 0 aliphatic carbocycles. The lowest BCUT2D eigenvalue weighted by atomic mass is 10.2. The summed E-state index contributed by atoms with van der Waals surface area (Å²) >= 11 is 3.49. The van der Waals surface area contributed by atoms with Crippen molar-refractivity contribution in [2.24, 2.45) is 5.73 Å². The average Bonchev–Trinajstić information content (AvgIpc) is 2.38. The van der Waals surface area contributed by atoms with Crippen molar-refractivity contribution in [1.82, 2.24) is 4.98 Å². The first kappa shape index (κ1) is 12.1. The van der Waals surface area contributed by atoms with Crippen LogP contribution in [0.3, 0.4) is 0 Å². The molecule has 88 valence electrons. The first-order valence-electron chi connectivity index (χ1n) is 5.31. The molecule has 0 radical (unpaired) electrons. The minimum atomic E-state index is 0.423. The average molecular weight is 293 g/mol. The van der Waals surface area contributed by atoms with Gasteiger partial charge in [0.25, 0.3) is 0 Å². The van der Waals surface area contributed by atoms with Gasteiger partial charge in [-0.15, -0.1) is 0 Å². The van der Waals surface area contributed by atoms with E-state index in [0.29, 0.717) is 13.2 Å². The van der Waals surface area contributed by atoms with Gasteiger partial charge in [-0.1, -0.05) is 34.1 Å². The largest absolute Gasteiger partial charge is 0.489 e. The predicted molar refractivity (Wildman–Crippen MR) is 70.6 cm³/mol. The number of nitrogens with zero attached hydrogens (tertiary/aromatic N) is 1. The topological polar surface area (TPSA) is 48.1 Å². The van der Waals surface area contributed by atoms with Gasteiger partial charge in [0.1, 0.15) is 12.4 Å². The second-order valence-electron chi connectivity index (χ2n) is 3.57. The van der Waals surface area contributed by atoms with Crippen LogP contribution in [0.4, 0.5) is 0 Å². The van der Waals surface area contributed by atoms with E-state index in [9.17, 15) is 0 Å². The quantitative estimate of drug-likeness (QED) is 0.943. The number of benzene rings is 1. The summed E-state index contributed by atoms with van der Waals surface area (Å²) in [5.74, 6) is 0.788. The van der Waals surface area contributed by atoms with E-state index in [1.54, 1.807) is 6.20 Å². The number of hydrogen-bond acceptors (Lipinski definition) is 3. The van der Waals surface area contributed by atoms with Crippen LogP contribution in [0.1, 0.15) is 11.3 Å². The summed E-state index contributed by atoms with van der Waals surface area (Å²) in [6.07, 6.45) is 1.71. The van der Waals surface area contributed by atoms with Crippen molar-refractivity contribution >= 4 is 15.9 Å². The van der Waals surface area contributed by atoms with Gasteiger partial charge in [-0.25, -0.2) is 0 Å². The zero-order valence-electron chi connectivity index (χ0n) is 9.27. The fourth-order valence-electron chi connectivity index (χ4n) is 1.43. The van der Waals surface area contributed by atoms with E-state index in [1.165, 1.54) is 0 Å². The third-order valence-electron chi connectivity index (χ3n) is 2.35. The van der Waals surface area contributed by atoms with Crippen LogP contribution in [0, 0.1) is 0 Å². The van der Waals surface area contributed by atoms with Crippen molar-refractivity contribution in [3.63, 3.8) is 0 Å². The van der Waals surface area contributed by atoms with Gasteiger partial charge in [0.15, 0.2) is 0 Å². The van der Waals surface area contributed by atoms with Gasteiger partial charge in [-0.05, 0) is 12.1 Å². The third-order valence-corrected chi connectivity index (χ3v) is 3.12. The Bertz CT molecular complexity index is 502. The number of aromatic nitrogens is 1. The standard InChI is InChI=1S/C13H13BrN2O/c14-13-4-2-1-3-10(13)9-17-12-5-6-16-11(7-12)8-15/h1-7H,8-9,15H2. The van der Waals surface area contributed by atoms with Crippen molar-refractivity contribution < 1.29 is 4.74 Å². The maximum Gasteiger partial charge on any atom is 0.123 e. The second-order valence-corrected chi connectivity index (χ2v) is 4.42. The molecule has 2 rings (SSSR count). The summed E-state index contributed by atoms with van der Waals surface area (Å²) in [5.41, 5.74) is 7.46. The van der Waals surface area contributed by atoms with Crippen molar-refractivity contribution in [3.8, 4) is 5.75 Å². The molecule has 1 aromatic heterocycles. The lowest BCUT2D eigenvalue weighted by molar-refractivity contribution is 0.304. The van der Waals surface area contributed by atoms with Crippen LogP contribution in [-0.2, 0) is 13.2 Å². The van der Waals surface area contributed by atoms with E-state index >= 15 is 0 Å². The van der Waals surface area contributed by atoms with Crippen LogP contribution in [0.15, 0.2) is 47.1 Å². The second kappa shape index (κ2) is 5.80. The lowest BCUT2D eigenvalue weighted by Crippen LogP contribution is -2.01. The number of rotatable bonds is 4. The molecule has 4 heteroatoms. The Labute approximate surface area is 109 Å². The molecule has 0 aliphatic heterocycles. The normalized spacial score (nSPS) is 10.2. The Balaban J connectivity index is 2.05. The van der Waals surface area contributed by atoms with Crippen molar-refractivity contribution in [3.05, 3.63) is 58.3 Å². The molecular weight excluding hydrogens is 280 g/mol. The molecule has 1 aromatic carbocycles. The van der Waals surface area contributed by atoms with Crippen molar-refractivity contribution in [2.45, 2.75) is 13.2 Å².